The molecule has 0 N–H and O–H groups in total. The third-order valence-electron chi connectivity index (χ3n) is 6.45. The van der Waals surface area contributed by atoms with E-state index in [1.165, 1.54) is 77.0 Å². The van der Waals surface area contributed by atoms with E-state index in [-0.39, 0.29) is 11.9 Å². The number of rotatable bonds is 15. The molecule has 1 saturated carbocycles. The van der Waals surface area contributed by atoms with Gasteiger partial charge >= 0.3 is 5.97 Å². The maximum Gasteiger partial charge on any atom is 0.314 e. The van der Waals surface area contributed by atoms with Gasteiger partial charge in [0.2, 0.25) is 0 Å². The van der Waals surface area contributed by atoms with Gasteiger partial charge in [0, 0.05) is 0 Å². The van der Waals surface area contributed by atoms with E-state index in [1.54, 1.807) is 0 Å². The smallest absolute Gasteiger partial charge is 0.314 e. The number of benzene rings is 1. The minimum absolute atomic E-state index is 0.0544. The Bertz CT molecular complexity index is 558. The van der Waals surface area contributed by atoms with Crippen LogP contribution >= 0.6 is 0 Å². The Hall–Kier alpha value is -1.51. The van der Waals surface area contributed by atoms with E-state index < -0.39 is 0 Å². The van der Waals surface area contributed by atoms with Gasteiger partial charge in [0.25, 0.3) is 0 Å². The molecule has 0 bridgehead atoms. The average molecular weight is 417 g/mol. The van der Waals surface area contributed by atoms with Gasteiger partial charge in [0.1, 0.15) is 11.5 Å². The van der Waals surface area contributed by atoms with Crippen molar-refractivity contribution < 1.29 is 14.3 Å². The fourth-order valence-corrected chi connectivity index (χ4v) is 4.42. The second-order valence-corrected chi connectivity index (χ2v) is 9.08. The van der Waals surface area contributed by atoms with Crippen LogP contribution in [0.1, 0.15) is 110 Å². The zero-order valence-electron chi connectivity index (χ0n) is 19.5. The lowest BCUT2D eigenvalue weighted by molar-refractivity contribution is -0.140. The predicted molar refractivity (Wildman–Crippen MR) is 125 cm³/mol. The van der Waals surface area contributed by atoms with Crippen molar-refractivity contribution in [2.24, 2.45) is 11.8 Å². The zero-order valence-corrected chi connectivity index (χ0v) is 19.5. The fraction of sp³-hybridized carbons (Fsp3) is 0.741. The van der Waals surface area contributed by atoms with Crippen molar-refractivity contribution >= 4 is 5.97 Å². The molecule has 0 saturated heterocycles. The van der Waals surface area contributed by atoms with Crippen LogP contribution < -0.4 is 9.47 Å². The number of carbonyl (C=O) groups is 1. The SMILES string of the molecule is CCCCCCCCC1CCC(C(=O)Oc2ccc(OCCCCCC)cc2)CC1. The standard InChI is InChI=1S/C27H44O3/c1-3-5-7-9-10-11-13-23-14-16-24(17-15-23)27(28)30-26-20-18-25(19-21-26)29-22-12-8-6-4-2/h18-21,23-24H,3-17,22H2,1-2H3. The van der Waals surface area contributed by atoms with E-state index in [4.69, 9.17) is 9.47 Å². The van der Waals surface area contributed by atoms with Crippen molar-refractivity contribution in [2.45, 2.75) is 110 Å². The molecule has 1 aromatic rings. The lowest BCUT2D eigenvalue weighted by atomic mass is 9.80. The second-order valence-electron chi connectivity index (χ2n) is 9.08. The summed E-state index contributed by atoms with van der Waals surface area (Å²) in [7, 11) is 0. The topological polar surface area (TPSA) is 35.5 Å². The summed E-state index contributed by atoms with van der Waals surface area (Å²) in [6.07, 6.45) is 18.7. The van der Waals surface area contributed by atoms with Crippen LogP contribution in [0, 0.1) is 11.8 Å². The molecule has 0 heterocycles. The lowest BCUT2D eigenvalue weighted by Crippen LogP contribution is -2.25. The second kappa shape index (κ2) is 15.3. The van der Waals surface area contributed by atoms with Crippen molar-refractivity contribution in [3.63, 3.8) is 0 Å². The highest BCUT2D eigenvalue weighted by atomic mass is 16.5. The first-order valence-electron chi connectivity index (χ1n) is 12.7. The fourth-order valence-electron chi connectivity index (χ4n) is 4.42. The predicted octanol–water partition coefficient (Wildman–Crippen LogP) is 8.11. The summed E-state index contributed by atoms with van der Waals surface area (Å²) in [6, 6.07) is 7.51. The largest absolute Gasteiger partial charge is 0.494 e. The molecule has 1 fully saturated rings. The molecule has 0 atom stereocenters. The van der Waals surface area contributed by atoms with Crippen LogP contribution in [0.25, 0.3) is 0 Å². The number of esters is 1. The molecule has 170 valence electrons. The first-order chi connectivity index (χ1) is 14.7. The molecular formula is C27H44O3. The van der Waals surface area contributed by atoms with Gasteiger partial charge in [-0.1, -0.05) is 78.1 Å². The van der Waals surface area contributed by atoms with Gasteiger partial charge in [-0.15, -0.1) is 0 Å². The molecule has 1 aliphatic carbocycles. The molecule has 0 spiro atoms. The van der Waals surface area contributed by atoms with E-state index in [1.807, 2.05) is 24.3 Å². The van der Waals surface area contributed by atoms with Gasteiger partial charge < -0.3 is 9.47 Å². The summed E-state index contributed by atoms with van der Waals surface area (Å²) in [6.45, 7) is 5.23. The molecule has 3 heteroatoms. The van der Waals surface area contributed by atoms with Gasteiger partial charge in [-0.05, 0) is 62.3 Å². The number of carbonyl (C=O) groups excluding carboxylic acids is 1. The molecule has 1 aromatic carbocycles. The average Bonchev–Trinajstić information content (AvgIpc) is 2.77. The Morgan fingerprint density at radius 3 is 2.00 bits per heavy atom. The highest BCUT2D eigenvalue weighted by molar-refractivity contribution is 5.75. The van der Waals surface area contributed by atoms with Crippen LogP contribution in [0.15, 0.2) is 24.3 Å². The molecule has 1 aliphatic rings. The van der Waals surface area contributed by atoms with Gasteiger partial charge in [-0.25, -0.2) is 0 Å². The van der Waals surface area contributed by atoms with E-state index in [0.29, 0.717) is 5.75 Å². The van der Waals surface area contributed by atoms with Crippen molar-refractivity contribution in [3.8, 4) is 11.5 Å². The molecule has 0 unspecified atom stereocenters. The molecule has 30 heavy (non-hydrogen) atoms. The van der Waals surface area contributed by atoms with Crippen LogP contribution in [-0.4, -0.2) is 12.6 Å². The van der Waals surface area contributed by atoms with Crippen molar-refractivity contribution in [1.29, 1.82) is 0 Å². The first-order valence-corrected chi connectivity index (χ1v) is 12.7. The van der Waals surface area contributed by atoms with Gasteiger partial charge in [-0.2, -0.15) is 0 Å². The van der Waals surface area contributed by atoms with Crippen LogP contribution in [-0.2, 0) is 4.79 Å². The normalized spacial score (nSPS) is 18.9. The summed E-state index contributed by atoms with van der Waals surface area (Å²) < 4.78 is 11.4. The summed E-state index contributed by atoms with van der Waals surface area (Å²) >= 11 is 0. The lowest BCUT2D eigenvalue weighted by Gasteiger charge is -2.27. The van der Waals surface area contributed by atoms with Gasteiger partial charge in [0.15, 0.2) is 0 Å². The third kappa shape index (κ3) is 10.00. The van der Waals surface area contributed by atoms with Gasteiger partial charge in [-0.3, -0.25) is 4.79 Å². The minimum atomic E-state index is -0.0544. The molecular weight excluding hydrogens is 372 g/mol. The van der Waals surface area contributed by atoms with Crippen LogP contribution in [0.3, 0.4) is 0 Å². The highest BCUT2D eigenvalue weighted by Gasteiger charge is 2.27. The Labute approximate surface area is 184 Å². The summed E-state index contributed by atoms with van der Waals surface area (Å²) in [5, 5.41) is 0. The minimum Gasteiger partial charge on any atom is -0.494 e. The van der Waals surface area contributed by atoms with Gasteiger partial charge in [0.05, 0.1) is 12.5 Å². The van der Waals surface area contributed by atoms with E-state index >= 15 is 0 Å². The van der Waals surface area contributed by atoms with E-state index in [0.717, 1.165) is 37.5 Å². The van der Waals surface area contributed by atoms with E-state index in [9.17, 15) is 4.79 Å². The first kappa shape index (κ1) is 24.8. The van der Waals surface area contributed by atoms with Crippen molar-refractivity contribution in [1.82, 2.24) is 0 Å². The number of unbranched alkanes of at least 4 members (excludes halogenated alkanes) is 8. The Morgan fingerprint density at radius 1 is 0.767 bits per heavy atom. The number of ether oxygens (including phenoxy) is 2. The third-order valence-corrected chi connectivity index (χ3v) is 6.45. The maximum absolute atomic E-state index is 12.5. The summed E-state index contributed by atoms with van der Waals surface area (Å²) in [5.41, 5.74) is 0. The Morgan fingerprint density at radius 2 is 1.33 bits per heavy atom. The van der Waals surface area contributed by atoms with Crippen LogP contribution in [0.2, 0.25) is 0 Å². The summed E-state index contributed by atoms with van der Waals surface area (Å²) in [4.78, 5) is 12.5. The molecule has 0 aliphatic heterocycles. The van der Waals surface area contributed by atoms with Crippen LogP contribution in [0.5, 0.6) is 11.5 Å². The quantitative estimate of drug-likeness (QED) is 0.164. The molecule has 3 nitrogen and oxygen atoms in total. The summed E-state index contributed by atoms with van der Waals surface area (Å²) in [5.74, 6) is 2.31. The monoisotopic (exact) mass is 416 g/mol. The number of hydrogen-bond donors (Lipinski definition) is 0. The molecule has 0 amide bonds. The Kier molecular flexibility index (Phi) is 12.6. The number of hydrogen-bond acceptors (Lipinski definition) is 3. The van der Waals surface area contributed by atoms with Crippen molar-refractivity contribution in [2.75, 3.05) is 6.61 Å². The maximum atomic E-state index is 12.5. The molecule has 0 aromatic heterocycles. The highest BCUT2D eigenvalue weighted by Crippen LogP contribution is 2.33. The molecule has 0 radical (unpaired) electrons. The van der Waals surface area contributed by atoms with Crippen molar-refractivity contribution in [3.05, 3.63) is 24.3 Å². The molecule has 2 rings (SSSR count). The zero-order chi connectivity index (χ0) is 21.4. The van der Waals surface area contributed by atoms with Crippen LogP contribution in [0.4, 0.5) is 0 Å². The Balaban J connectivity index is 1.60. The van der Waals surface area contributed by atoms with E-state index in [2.05, 4.69) is 13.8 Å².